The third-order valence-corrected chi connectivity index (χ3v) is 4.60. The van der Waals surface area contributed by atoms with E-state index >= 15 is 0 Å². The van der Waals surface area contributed by atoms with Crippen molar-refractivity contribution < 1.29 is 4.74 Å². The molecule has 3 rings (SSSR count). The molecule has 96 valence electrons. The zero-order valence-electron chi connectivity index (χ0n) is 10.4. The van der Waals surface area contributed by atoms with Crippen molar-refractivity contribution in [3.05, 3.63) is 28.5 Å². The first kappa shape index (κ1) is 12.2. The third-order valence-electron chi connectivity index (χ3n) is 4.00. The second-order valence-corrected chi connectivity index (χ2v) is 5.73. The molecule has 0 spiro atoms. The SMILES string of the molecule is COc1cc(C2=CCCC3CNCC23)cnc1Br. The Morgan fingerprint density at radius 2 is 2.33 bits per heavy atom. The number of methoxy groups -OCH3 is 1. The number of nitrogens with zero attached hydrogens (tertiary/aromatic N) is 1. The summed E-state index contributed by atoms with van der Waals surface area (Å²) >= 11 is 3.40. The average Bonchev–Trinajstić information content (AvgIpc) is 2.87. The largest absolute Gasteiger partial charge is 0.494 e. The highest BCUT2D eigenvalue weighted by molar-refractivity contribution is 9.10. The summed E-state index contributed by atoms with van der Waals surface area (Å²) in [5.41, 5.74) is 2.64. The molecule has 2 atom stereocenters. The Kier molecular flexibility index (Phi) is 3.39. The van der Waals surface area contributed by atoms with Crippen LogP contribution in [0.2, 0.25) is 0 Å². The Hall–Kier alpha value is -0.870. The van der Waals surface area contributed by atoms with Gasteiger partial charge in [0.15, 0.2) is 5.75 Å². The van der Waals surface area contributed by atoms with Gasteiger partial charge in [0.25, 0.3) is 0 Å². The summed E-state index contributed by atoms with van der Waals surface area (Å²) in [6, 6.07) is 2.09. The fourth-order valence-corrected chi connectivity index (χ4v) is 3.44. The molecule has 3 nitrogen and oxygen atoms in total. The number of ether oxygens (including phenoxy) is 1. The first-order valence-electron chi connectivity index (χ1n) is 6.40. The Labute approximate surface area is 116 Å². The number of fused-ring (bicyclic) bond motifs is 1. The number of allylic oxidation sites excluding steroid dienone is 1. The van der Waals surface area contributed by atoms with E-state index in [4.69, 9.17) is 4.74 Å². The minimum atomic E-state index is 0.645. The Morgan fingerprint density at radius 1 is 1.44 bits per heavy atom. The quantitative estimate of drug-likeness (QED) is 0.853. The number of aromatic nitrogens is 1. The highest BCUT2D eigenvalue weighted by Crippen LogP contribution is 2.39. The molecule has 1 aromatic rings. The van der Waals surface area contributed by atoms with E-state index in [9.17, 15) is 0 Å². The van der Waals surface area contributed by atoms with Gasteiger partial charge < -0.3 is 10.1 Å². The van der Waals surface area contributed by atoms with Crippen molar-refractivity contribution in [3.8, 4) is 5.75 Å². The lowest BCUT2D eigenvalue weighted by Crippen LogP contribution is -2.18. The van der Waals surface area contributed by atoms with Gasteiger partial charge in [-0.15, -0.1) is 0 Å². The van der Waals surface area contributed by atoms with E-state index in [2.05, 4.69) is 38.4 Å². The lowest BCUT2D eigenvalue weighted by Gasteiger charge is -2.26. The number of hydrogen-bond donors (Lipinski definition) is 1. The predicted octanol–water partition coefficient (Wildman–Crippen LogP) is 2.87. The lowest BCUT2D eigenvalue weighted by molar-refractivity contribution is 0.409. The topological polar surface area (TPSA) is 34.1 Å². The van der Waals surface area contributed by atoms with E-state index in [1.807, 2.05) is 6.20 Å². The highest BCUT2D eigenvalue weighted by atomic mass is 79.9. The molecule has 1 aromatic heterocycles. The van der Waals surface area contributed by atoms with Crippen molar-refractivity contribution in [3.63, 3.8) is 0 Å². The summed E-state index contributed by atoms with van der Waals surface area (Å²) in [6.07, 6.45) is 6.80. The second kappa shape index (κ2) is 5.02. The number of halogens is 1. The summed E-state index contributed by atoms with van der Waals surface area (Å²) in [4.78, 5) is 4.37. The van der Waals surface area contributed by atoms with E-state index in [1.54, 1.807) is 7.11 Å². The molecule has 1 saturated heterocycles. The highest BCUT2D eigenvalue weighted by Gasteiger charge is 2.32. The van der Waals surface area contributed by atoms with Crippen LogP contribution in [0.5, 0.6) is 5.75 Å². The molecular formula is C14H17BrN2O. The molecule has 0 bridgehead atoms. The van der Waals surface area contributed by atoms with Gasteiger partial charge in [-0.3, -0.25) is 0 Å². The maximum Gasteiger partial charge on any atom is 0.152 e. The van der Waals surface area contributed by atoms with Crippen molar-refractivity contribution in [2.45, 2.75) is 12.8 Å². The maximum absolute atomic E-state index is 5.34. The molecular weight excluding hydrogens is 292 g/mol. The molecule has 0 amide bonds. The van der Waals surface area contributed by atoms with Crippen LogP contribution >= 0.6 is 15.9 Å². The normalized spacial score (nSPS) is 26.7. The van der Waals surface area contributed by atoms with Crippen molar-refractivity contribution in [2.75, 3.05) is 20.2 Å². The number of hydrogen-bond acceptors (Lipinski definition) is 3. The minimum Gasteiger partial charge on any atom is -0.494 e. The van der Waals surface area contributed by atoms with Crippen molar-refractivity contribution in [1.29, 1.82) is 0 Å². The fraction of sp³-hybridized carbons (Fsp3) is 0.500. The van der Waals surface area contributed by atoms with Gasteiger partial charge in [0, 0.05) is 18.7 Å². The van der Waals surface area contributed by atoms with Crippen molar-refractivity contribution in [1.82, 2.24) is 10.3 Å². The predicted molar refractivity (Wildman–Crippen MR) is 75.5 cm³/mol. The van der Waals surface area contributed by atoms with Crippen LogP contribution in [0.1, 0.15) is 18.4 Å². The number of rotatable bonds is 2. The molecule has 0 saturated carbocycles. The number of pyridine rings is 1. The molecule has 1 aliphatic heterocycles. The van der Waals surface area contributed by atoms with E-state index in [0.29, 0.717) is 5.92 Å². The fourth-order valence-electron chi connectivity index (χ4n) is 3.07. The van der Waals surface area contributed by atoms with Crippen LogP contribution < -0.4 is 10.1 Å². The molecule has 4 heteroatoms. The lowest BCUT2D eigenvalue weighted by atomic mass is 9.78. The van der Waals surface area contributed by atoms with Gasteiger partial charge >= 0.3 is 0 Å². The van der Waals surface area contributed by atoms with E-state index < -0.39 is 0 Å². The average molecular weight is 309 g/mol. The maximum atomic E-state index is 5.34. The zero-order chi connectivity index (χ0) is 12.5. The first-order chi connectivity index (χ1) is 8.79. The van der Waals surface area contributed by atoms with Gasteiger partial charge in [-0.25, -0.2) is 4.98 Å². The molecule has 1 aliphatic carbocycles. The van der Waals surface area contributed by atoms with Gasteiger partial charge in [0.05, 0.1) is 7.11 Å². The van der Waals surface area contributed by atoms with Gasteiger partial charge in [-0.05, 0) is 58.4 Å². The van der Waals surface area contributed by atoms with Crippen LogP contribution in [0.25, 0.3) is 5.57 Å². The van der Waals surface area contributed by atoms with Gasteiger partial charge in [0.1, 0.15) is 4.60 Å². The van der Waals surface area contributed by atoms with Gasteiger partial charge in [0.2, 0.25) is 0 Å². The molecule has 2 aliphatic rings. The van der Waals surface area contributed by atoms with Gasteiger partial charge in [-0.1, -0.05) is 6.08 Å². The van der Waals surface area contributed by atoms with Crippen molar-refractivity contribution in [2.24, 2.45) is 11.8 Å². The minimum absolute atomic E-state index is 0.645. The second-order valence-electron chi connectivity index (χ2n) is 4.98. The van der Waals surface area contributed by atoms with Crippen LogP contribution in [0.3, 0.4) is 0 Å². The Balaban J connectivity index is 1.96. The van der Waals surface area contributed by atoms with E-state index in [1.165, 1.54) is 24.0 Å². The Bertz CT molecular complexity index is 487. The standard InChI is InChI=1S/C14H17BrN2O/c1-18-13-5-10(7-17-14(13)15)11-4-2-3-9-6-16-8-12(9)11/h4-5,7,9,12,16H,2-3,6,8H2,1H3. The van der Waals surface area contributed by atoms with Crippen LogP contribution in [0.15, 0.2) is 22.9 Å². The smallest absolute Gasteiger partial charge is 0.152 e. The van der Waals surface area contributed by atoms with Gasteiger partial charge in [-0.2, -0.15) is 0 Å². The summed E-state index contributed by atoms with van der Waals surface area (Å²) in [5, 5.41) is 3.50. The summed E-state index contributed by atoms with van der Waals surface area (Å²) < 4.78 is 6.11. The molecule has 1 fully saturated rings. The van der Waals surface area contributed by atoms with Crippen molar-refractivity contribution >= 4 is 21.5 Å². The van der Waals surface area contributed by atoms with Crippen LogP contribution in [0, 0.1) is 11.8 Å². The molecule has 2 unspecified atom stereocenters. The first-order valence-corrected chi connectivity index (χ1v) is 7.19. The van der Waals surface area contributed by atoms with E-state index in [-0.39, 0.29) is 0 Å². The molecule has 18 heavy (non-hydrogen) atoms. The molecule has 1 N–H and O–H groups in total. The van der Waals surface area contributed by atoms with Crippen LogP contribution in [0.4, 0.5) is 0 Å². The zero-order valence-corrected chi connectivity index (χ0v) is 12.0. The number of nitrogens with one attached hydrogen (secondary N) is 1. The van der Waals surface area contributed by atoms with E-state index in [0.717, 1.165) is 29.4 Å². The summed E-state index contributed by atoms with van der Waals surface area (Å²) in [7, 11) is 1.68. The Morgan fingerprint density at radius 3 is 3.17 bits per heavy atom. The summed E-state index contributed by atoms with van der Waals surface area (Å²) in [6.45, 7) is 2.25. The third kappa shape index (κ3) is 2.08. The van der Waals surface area contributed by atoms with Crippen LogP contribution in [-0.2, 0) is 0 Å². The summed E-state index contributed by atoms with van der Waals surface area (Å²) in [5.74, 6) is 2.24. The molecule has 0 aromatic carbocycles. The molecule has 0 radical (unpaired) electrons. The molecule has 2 heterocycles. The monoisotopic (exact) mass is 308 g/mol. The van der Waals surface area contributed by atoms with Crippen LogP contribution in [-0.4, -0.2) is 25.2 Å².